The summed E-state index contributed by atoms with van der Waals surface area (Å²) in [5.74, 6) is -1.35. The number of rotatable bonds is 5. The Morgan fingerprint density at radius 3 is 2.50 bits per heavy atom. The average Bonchev–Trinajstić information content (AvgIpc) is 2.84. The molecule has 2 amide bonds. The summed E-state index contributed by atoms with van der Waals surface area (Å²) in [4.78, 5) is 37.0. The lowest BCUT2D eigenvalue weighted by molar-refractivity contribution is -0.149. The molecular formula is C15H26N2O5. The van der Waals surface area contributed by atoms with Crippen molar-refractivity contribution in [3.63, 3.8) is 0 Å². The van der Waals surface area contributed by atoms with Gasteiger partial charge in [-0.15, -0.1) is 0 Å². The van der Waals surface area contributed by atoms with E-state index < -0.39 is 29.7 Å². The summed E-state index contributed by atoms with van der Waals surface area (Å²) in [6.45, 7) is 7.53. The number of carboxylic acid groups (broad SMARTS) is 1. The van der Waals surface area contributed by atoms with Crippen LogP contribution in [0.2, 0.25) is 0 Å². The first-order valence-corrected chi connectivity index (χ1v) is 7.68. The third-order valence-corrected chi connectivity index (χ3v) is 3.39. The molecule has 0 saturated carbocycles. The summed E-state index contributed by atoms with van der Waals surface area (Å²) < 4.78 is 5.16. The van der Waals surface area contributed by atoms with E-state index in [2.05, 4.69) is 5.32 Å². The van der Waals surface area contributed by atoms with Gasteiger partial charge in [0, 0.05) is 6.54 Å². The van der Waals surface area contributed by atoms with Crippen molar-refractivity contribution in [3.8, 4) is 0 Å². The number of nitrogens with one attached hydrogen (secondary N) is 1. The van der Waals surface area contributed by atoms with Crippen molar-refractivity contribution in [1.29, 1.82) is 0 Å². The molecule has 126 valence electrons. The molecule has 7 heteroatoms. The summed E-state index contributed by atoms with van der Waals surface area (Å²) in [6.07, 6.45) is 1.59. The van der Waals surface area contributed by atoms with Gasteiger partial charge in [-0.05, 0) is 40.0 Å². The Hall–Kier alpha value is -1.79. The number of ether oxygens (including phenoxy) is 1. The number of hydrogen-bond donors (Lipinski definition) is 2. The van der Waals surface area contributed by atoms with Crippen molar-refractivity contribution in [2.75, 3.05) is 6.54 Å². The Labute approximate surface area is 131 Å². The summed E-state index contributed by atoms with van der Waals surface area (Å²) in [5.41, 5.74) is -0.652. The molecular weight excluding hydrogens is 288 g/mol. The Kier molecular flexibility index (Phi) is 6.20. The zero-order valence-corrected chi connectivity index (χ0v) is 13.7. The van der Waals surface area contributed by atoms with Crippen molar-refractivity contribution < 1.29 is 24.2 Å². The fourth-order valence-electron chi connectivity index (χ4n) is 2.48. The third kappa shape index (κ3) is 5.20. The Morgan fingerprint density at radius 2 is 2.00 bits per heavy atom. The minimum Gasteiger partial charge on any atom is -0.480 e. The van der Waals surface area contributed by atoms with Crippen LogP contribution in [0.25, 0.3) is 0 Å². The average molecular weight is 314 g/mol. The highest BCUT2D eigenvalue weighted by atomic mass is 16.6. The van der Waals surface area contributed by atoms with E-state index in [0.29, 0.717) is 32.2 Å². The highest BCUT2D eigenvalue weighted by Crippen LogP contribution is 2.19. The van der Waals surface area contributed by atoms with Gasteiger partial charge in [0.1, 0.15) is 17.7 Å². The molecule has 0 unspecified atom stereocenters. The number of amides is 2. The predicted molar refractivity (Wildman–Crippen MR) is 80.4 cm³/mol. The molecule has 0 bridgehead atoms. The zero-order valence-electron chi connectivity index (χ0n) is 13.7. The van der Waals surface area contributed by atoms with Crippen LogP contribution in [0.5, 0.6) is 0 Å². The molecule has 0 radical (unpaired) electrons. The fraction of sp³-hybridized carbons (Fsp3) is 0.800. The lowest BCUT2D eigenvalue weighted by Crippen LogP contribution is -2.52. The van der Waals surface area contributed by atoms with E-state index in [9.17, 15) is 19.5 Å². The Balaban J connectivity index is 2.75. The second kappa shape index (κ2) is 7.47. The van der Waals surface area contributed by atoms with Crippen LogP contribution < -0.4 is 5.32 Å². The van der Waals surface area contributed by atoms with E-state index >= 15 is 0 Å². The van der Waals surface area contributed by atoms with Crippen LogP contribution >= 0.6 is 0 Å². The summed E-state index contributed by atoms with van der Waals surface area (Å²) in [5, 5.41) is 11.7. The molecule has 0 aromatic carbocycles. The molecule has 22 heavy (non-hydrogen) atoms. The molecule has 0 aromatic rings. The number of carboxylic acids is 1. The van der Waals surface area contributed by atoms with Crippen LogP contribution in [0.4, 0.5) is 4.79 Å². The molecule has 7 nitrogen and oxygen atoms in total. The minimum atomic E-state index is -1.00. The second-order valence-electron chi connectivity index (χ2n) is 6.52. The van der Waals surface area contributed by atoms with Crippen LogP contribution in [0.15, 0.2) is 0 Å². The maximum atomic E-state index is 12.5. The van der Waals surface area contributed by atoms with Gasteiger partial charge in [-0.25, -0.2) is 9.59 Å². The molecule has 1 rings (SSSR count). The maximum Gasteiger partial charge on any atom is 0.408 e. The largest absolute Gasteiger partial charge is 0.480 e. The van der Waals surface area contributed by atoms with Gasteiger partial charge in [-0.2, -0.15) is 0 Å². The van der Waals surface area contributed by atoms with Gasteiger partial charge < -0.3 is 20.1 Å². The van der Waals surface area contributed by atoms with Gasteiger partial charge in [0.15, 0.2) is 0 Å². The van der Waals surface area contributed by atoms with Crippen molar-refractivity contribution in [2.45, 2.75) is 71.1 Å². The predicted octanol–water partition coefficient (Wildman–Crippen LogP) is 1.76. The van der Waals surface area contributed by atoms with Crippen LogP contribution in [0.1, 0.15) is 53.4 Å². The number of nitrogens with zero attached hydrogens (tertiary/aromatic N) is 1. The third-order valence-electron chi connectivity index (χ3n) is 3.39. The van der Waals surface area contributed by atoms with Gasteiger partial charge in [0.25, 0.3) is 0 Å². The first kappa shape index (κ1) is 18.3. The number of hydrogen-bond acceptors (Lipinski definition) is 4. The summed E-state index contributed by atoms with van der Waals surface area (Å²) in [7, 11) is 0. The van der Waals surface area contributed by atoms with E-state index in [1.807, 2.05) is 6.92 Å². The molecule has 0 aromatic heterocycles. The molecule has 1 aliphatic heterocycles. The van der Waals surface area contributed by atoms with Gasteiger partial charge in [0.05, 0.1) is 0 Å². The standard InChI is InChI=1S/C15H26N2O5/c1-5-7-10(16-14(21)22-15(2,3)4)12(18)17-9-6-8-11(17)13(19)20/h10-11H,5-9H2,1-4H3,(H,16,21)(H,19,20)/t10-,11-/m0/s1. The SMILES string of the molecule is CCC[C@H](NC(=O)OC(C)(C)C)C(=O)N1CCC[C@H]1C(=O)O. The molecule has 0 aliphatic carbocycles. The van der Waals surface area contributed by atoms with Gasteiger partial charge in [-0.3, -0.25) is 4.79 Å². The van der Waals surface area contributed by atoms with Crippen molar-refractivity contribution in [2.24, 2.45) is 0 Å². The fourth-order valence-corrected chi connectivity index (χ4v) is 2.48. The highest BCUT2D eigenvalue weighted by molar-refractivity contribution is 5.89. The van der Waals surface area contributed by atoms with E-state index in [1.165, 1.54) is 4.90 Å². The second-order valence-corrected chi connectivity index (χ2v) is 6.52. The minimum absolute atomic E-state index is 0.349. The van der Waals surface area contributed by atoms with Gasteiger partial charge in [0.2, 0.25) is 5.91 Å². The molecule has 1 heterocycles. The molecule has 1 fully saturated rings. The van der Waals surface area contributed by atoms with Crippen LogP contribution in [-0.2, 0) is 14.3 Å². The maximum absolute atomic E-state index is 12.5. The van der Waals surface area contributed by atoms with Crippen LogP contribution in [0, 0.1) is 0 Å². The molecule has 1 saturated heterocycles. The monoisotopic (exact) mass is 314 g/mol. The van der Waals surface area contributed by atoms with E-state index in [4.69, 9.17) is 4.74 Å². The van der Waals surface area contributed by atoms with Gasteiger partial charge >= 0.3 is 12.1 Å². The number of carbonyl (C=O) groups excluding carboxylic acids is 2. The lowest BCUT2D eigenvalue weighted by atomic mass is 10.1. The number of aliphatic carboxylic acids is 1. The quantitative estimate of drug-likeness (QED) is 0.806. The Bertz CT molecular complexity index is 430. The molecule has 0 spiro atoms. The van der Waals surface area contributed by atoms with Gasteiger partial charge in [-0.1, -0.05) is 13.3 Å². The zero-order chi connectivity index (χ0) is 16.9. The highest BCUT2D eigenvalue weighted by Gasteiger charge is 2.37. The van der Waals surface area contributed by atoms with Crippen LogP contribution in [-0.4, -0.2) is 52.2 Å². The van der Waals surface area contributed by atoms with E-state index in [-0.39, 0.29) is 5.91 Å². The first-order valence-electron chi connectivity index (χ1n) is 7.68. The smallest absolute Gasteiger partial charge is 0.408 e. The van der Waals surface area contributed by atoms with Crippen molar-refractivity contribution in [3.05, 3.63) is 0 Å². The number of carbonyl (C=O) groups is 3. The van der Waals surface area contributed by atoms with Crippen LogP contribution in [0.3, 0.4) is 0 Å². The van der Waals surface area contributed by atoms with E-state index in [1.54, 1.807) is 20.8 Å². The first-order chi connectivity index (χ1) is 10.2. The normalized spacial score (nSPS) is 19.6. The Morgan fingerprint density at radius 1 is 1.36 bits per heavy atom. The molecule has 1 aliphatic rings. The van der Waals surface area contributed by atoms with Crippen molar-refractivity contribution >= 4 is 18.0 Å². The van der Waals surface area contributed by atoms with E-state index in [0.717, 1.165) is 0 Å². The lowest BCUT2D eigenvalue weighted by Gasteiger charge is -2.28. The van der Waals surface area contributed by atoms with Crippen molar-refractivity contribution in [1.82, 2.24) is 10.2 Å². The molecule has 2 N–H and O–H groups in total. The summed E-state index contributed by atoms with van der Waals surface area (Å²) >= 11 is 0. The number of likely N-dealkylation sites (tertiary alicyclic amines) is 1. The topological polar surface area (TPSA) is 95.9 Å². The summed E-state index contributed by atoms with van der Waals surface area (Å²) in [6, 6.07) is -1.55. The number of alkyl carbamates (subject to hydrolysis) is 1. The molecule has 2 atom stereocenters.